The molecule has 0 atom stereocenters. The second-order valence-electron chi connectivity index (χ2n) is 18.2. The number of benzene rings is 6. The van der Waals surface area contributed by atoms with Gasteiger partial charge >= 0.3 is 81.7 Å². The number of aromatic nitrogens is 4. The van der Waals surface area contributed by atoms with Gasteiger partial charge < -0.3 is 106 Å². The van der Waals surface area contributed by atoms with E-state index >= 15 is 0 Å². The number of carbonyl (C=O) groups is 6. The largest absolute Gasteiger partial charge is 3.00 e. The molecule has 0 fully saturated rings. The van der Waals surface area contributed by atoms with Crippen LogP contribution >= 0.6 is 0 Å². The van der Waals surface area contributed by atoms with Crippen molar-refractivity contribution < 1.29 is 188 Å². The minimum Gasteiger partial charge on any atom is -0.550 e. The third-order valence-electron chi connectivity index (χ3n) is 11.1. The Hall–Kier alpha value is -9.88. The predicted molar refractivity (Wildman–Crippen MR) is 329 cm³/mol. The zero-order valence-corrected chi connectivity index (χ0v) is 56.8. The first-order chi connectivity index (χ1) is 43.0. The van der Waals surface area contributed by atoms with E-state index in [1.165, 1.54) is 95.1 Å². The summed E-state index contributed by atoms with van der Waals surface area (Å²) in [7, 11) is 0. The van der Waals surface area contributed by atoms with Gasteiger partial charge in [0.25, 0.3) is 0 Å². The Balaban J connectivity index is -0.00000101. The van der Waals surface area contributed by atoms with Crippen molar-refractivity contribution in [3.63, 3.8) is 0 Å². The minimum absolute atomic E-state index is 0. The van der Waals surface area contributed by atoms with E-state index in [0.29, 0.717) is 33.4 Å². The van der Waals surface area contributed by atoms with E-state index in [4.69, 9.17) is 30.6 Å². The van der Waals surface area contributed by atoms with Gasteiger partial charge in [-0.3, -0.25) is 19.9 Å². The van der Waals surface area contributed by atoms with Crippen molar-refractivity contribution in [3.05, 3.63) is 277 Å². The van der Waals surface area contributed by atoms with Gasteiger partial charge in [0.15, 0.2) is 0 Å². The molecule has 0 unspecified atom stereocenters. The Kier molecular flexibility index (Phi) is 48.5. The fourth-order valence-corrected chi connectivity index (χ4v) is 6.86. The number of hydrogen-bond acceptors (Lipinski definition) is 22. The van der Waals surface area contributed by atoms with Gasteiger partial charge in [0.05, 0.1) is 0 Å². The molecule has 10 rings (SSSR count). The molecule has 14 N–H and O–H groups in total. The second-order valence-corrected chi connectivity index (χ2v) is 18.2. The van der Waals surface area contributed by atoms with Crippen LogP contribution in [0, 0.1) is 81.7 Å². The minimum atomic E-state index is -1.12. The molecule has 10 aromatic rings. The first-order valence-corrected chi connectivity index (χ1v) is 26.5. The zero-order chi connectivity index (χ0) is 66.1. The number of rotatable bonds is 14. The van der Waals surface area contributed by atoms with E-state index < -0.39 is 35.8 Å². The monoisotopic (exact) mass is 1560 g/mol. The molecule has 4 aromatic heterocycles. The standard InChI is InChI=1S/2C10H8N2.6C8H8O3.2Nd.3H2O/c2*1-5-11-6-2-9(1)10-3-7-12-8-4-10;6*9-7-3-1-6(2-4-7)5-8(10)11;;;;;/h2*1-8H;6*1-4,9H,5H2,(H,10,11);;;3*1H2/q;;;;;;;;2*+3;;;/p-4. The van der Waals surface area contributed by atoms with Crippen LogP contribution in [0.15, 0.2) is 244 Å². The number of phenols is 6. The zero-order valence-electron chi connectivity index (χ0n) is 50.4. The molecule has 0 bridgehead atoms. The molecular formula is C68H66N4Nd2O21+2. The van der Waals surface area contributed by atoms with E-state index in [9.17, 15) is 59.4 Å². The maximum absolute atomic E-state index is 10.1. The summed E-state index contributed by atoms with van der Waals surface area (Å²) in [5.74, 6) is -5.90. The SMILES string of the molecule is O.O=C([O-])Cc1ccc(O)cc1.O=C([O-])Cc1ccc(O)cc1.O=C([O-])Cc1ccc(O)cc1.O=C([O-])Cc1ccc(O)cc1.O=C([O-])Cc1ccc(O)cc1.O=C([O-])Cc1ccc(O)cc1.[Nd+3].[Nd+3].[OH3+].[OH3+].c1cc(-c2ccncc2)ccn1.c1cc(-c2ccncc2)ccn1. The van der Waals surface area contributed by atoms with E-state index in [1.807, 2.05) is 48.5 Å². The topological polar surface area (TPSA) is 511 Å². The van der Waals surface area contributed by atoms with Crippen molar-refractivity contribution in [2.45, 2.75) is 38.5 Å². The Morgan fingerprint density at radius 1 is 0.232 bits per heavy atom. The summed E-state index contributed by atoms with van der Waals surface area (Å²) >= 11 is 0. The summed E-state index contributed by atoms with van der Waals surface area (Å²) in [6, 6.07) is 51.7. The number of carbonyl (C=O) groups excluding carboxylic acids is 6. The van der Waals surface area contributed by atoms with Crippen LogP contribution in [0.5, 0.6) is 34.5 Å². The fourth-order valence-electron chi connectivity index (χ4n) is 6.86. The summed E-state index contributed by atoms with van der Waals surface area (Å²) in [5, 5.41) is 113. The van der Waals surface area contributed by atoms with Crippen LogP contribution in [0.1, 0.15) is 33.4 Å². The number of hydrogen-bond donors (Lipinski definition) is 6. The van der Waals surface area contributed by atoms with Crippen LogP contribution < -0.4 is 30.6 Å². The molecular weight excluding hydrogens is 1500 g/mol. The molecule has 0 aliphatic heterocycles. The Labute approximate surface area is 610 Å². The van der Waals surface area contributed by atoms with E-state index in [-0.39, 0.29) is 171 Å². The predicted octanol–water partition coefficient (Wildman–Crippen LogP) is -0.274. The molecule has 0 aliphatic carbocycles. The van der Waals surface area contributed by atoms with Crippen LogP contribution in [0.4, 0.5) is 0 Å². The summed E-state index contributed by atoms with van der Waals surface area (Å²) in [6.45, 7) is 0. The summed E-state index contributed by atoms with van der Waals surface area (Å²) in [6.07, 6.45) is 13.6. The number of aromatic hydroxyl groups is 6. The maximum Gasteiger partial charge on any atom is 3.00 e. The van der Waals surface area contributed by atoms with Crippen LogP contribution in [0.3, 0.4) is 0 Å². The van der Waals surface area contributed by atoms with Crippen LogP contribution in [0.25, 0.3) is 22.3 Å². The summed E-state index contributed by atoms with van der Waals surface area (Å²) in [4.78, 5) is 76.3. The number of pyridine rings is 4. The van der Waals surface area contributed by atoms with Crippen LogP contribution in [-0.2, 0) is 78.2 Å². The Bertz CT molecular complexity index is 3110. The van der Waals surface area contributed by atoms with Crippen LogP contribution in [-0.4, -0.2) is 91.9 Å². The van der Waals surface area contributed by atoms with Gasteiger partial charge in [0.2, 0.25) is 0 Å². The Morgan fingerprint density at radius 2 is 0.337 bits per heavy atom. The molecule has 95 heavy (non-hydrogen) atoms. The van der Waals surface area contributed by atoms with Crippen molar-refractivity contribution in [2.75, 3.05) is 0 Å². The molecule has 0 saturated heterocycles. The number of nitrogens with zero attached hydrogens (tertiary/aromatic N) is 4. The van der Waals surface area contributed by atoms with Crippen molar-refractivity contribution in [3.8, 4) is 56.8 Å². The third kappa shape index (κ3) is 43.6. The molecule has 27 heteroatoms. The van der Waals surface area contributed by atoms with Gasteiger partial charge in [-0.15, -0.1) is 0 Å². The van der Waals surface area contributed by atoms with Gasteiger partial charge in [0.1, 0.15) is 34.5 Å². The molecule has 0 amide bonds. The molecule has 4 heterocycles. The Morgan fingerprint density at radius 3 is 0.432 bits per heavy atom. The van der Waals surface area contributed by atoms with Crippen molar-refractivity contribution >= 4 is 35.8 Å². The average molecular weight is 1560 g/mol. The molecule has 2 radical (unpaired) electrons. The normalized spacial score (nSPS) is 9.01. The van der Waals surface area contributed by atoms with E-state index in [0.717, 1.165) is 0 Å². The van der Waals surface area contributed by atoms with Gasteiger partial charge in [-0.1, -0.05) is 72.8 Å². The van der Waals surface area contributed by atoms with E-state index in [2.05, 4.69) is 19.9 Å². The molecule has 0 saturated carbocycles. The quantitative estimate of drug-likeness (QED) is 0.0763. The molecule has 0 aliphatic rings. The molecule has 0 spiro atoms. The number of aliphatic carboxylic acids is 6. The summed E-state index contributed by atoms with van der Waals surface area (Å²) < 4.78 is 0. The van der Waals surface area contributed by atoms with Crippen molar-refractivity contribution in [1.29, 1.82) is 0 Å². The second kappa shape index (κ2) is 51.6. The average Bonchev–Trinajstić information content (AvgIpc) is 3.10. The first-order valence-electron chi connectivity index (χ1n) is 26.5. The fraction of sp³-hybridized carbons (Fsp3) is 0.0882. The first kappa shape index (κ1) is 89.3. The molecule has 490 valence electrons. The third-order valence-corrected chi connectivity index (χ3v) is 11.1. The van der Waals surface area contributed by atoms with Crippen molar-refractivity contribution in [2.24, 2.45) is 0 Å². The van der Waals surface area contributed by atoms with Gasteiger partial charge in [-0.2, -0.15) is 0 Å². The van der Waals surface area contributed by atoms with Crippen LogP contribution in [0.2, 0.25) is 0 Å². The molecule has 6 aromatic carbocycles. The smallest absolute Gasteiger partial charge is 0.550 e. The molecule has 25 nitrogen and oxygen atoms in total. The summed E-state index contributed by atoms with van der Waals surface area (Å²) in [5.41, 5.74) is 8.46. The maximum atomic E-state index is 10.1. The van der Waals surface area contributed by atoms with Gasteiger partial charge in [-0.25, -0.2) is 0 Å². The number of phenolic OH excluding ortho intramolecular Hbond substituents is 6. The van der Waals surface area contributed by atoms with Gasteiger partial charge in [0, 0.05) is 124 Å². The number of carboxylic acid groups (broad SMARTS) is 6. The van der Waals surface area contributed by atoms with Gasteiger partial charge in [-0.05, 0) is 177 Å². The number of carboxylic acids is 6. The van der Waals surface area contributed by atoms with E-state index in [1.54, 1.807) is 122 Å². The van der Waals surface area contributed by atoms with Crippen molar-refractivity contribution in [1.82, 2.24) is 19.9 Å².